The topological polar surface area (TPSA) is 218 Å². The van der Waals surface area contributed by atoms with E-state index in [1.807, 2.05) is 6.92 Å². The number of Topliss-reactive ketones (excluding diaryl/α,β-unsaturated/α-hetero) is 1. The molecule has 7 unspecified atom stereocenters. The Kier molecular flexibility index (Phi) is 15.9. The molecule has 3 N–H and O–H groups in total. The molecule has 0 amide bonds. The van der Waals surface area contributed by atoms with Crippen molar-refractivity contribution >= 4 is 24.0 Å². The van der Waals surface area contributed by atoms with Crippen LogP contribution >= 0.6 is 0 Å². The summed E-state index contributed by atoms with van der Waals surface area (Å²) in [6, 6.07) is 4.77. The van der Waals surface area contributed by atoms with E-state index in [2.05, 4.69) is 9.57 Å². The summed E-state index contributed by atoms with van der Waals surface area (Å²) in [7, 11) is 3.00. The van der Waals surface area contributed by atoms with E-state index in [0.29, 0.717) is 49.2 Å². The maximum atomic E-state index is 16.8. The van der Waals surface area contributed by atoms with Crippen molar-refractivity contribution in [2.24, 2.45) is 28.6 Å². The summed E-state index contributed by atoms with van der Waals surface area (Å²) in [5, 5.41) is 36.6. The molecule has 0 saturated heterocycles. The van der Waals surface area contributed by atoms with Gasteiger partial charge in [-0.1, -0.05) is 13.0 Å². The molecule has 1 aromatic rings. The molecule has 1 aromatic carbocycles. The van der Waals surface area contributed by atoms with Crippen molar-refractivity contribution in [2.75, 3.05) is 27.4 Å². The van der Waals surface area contributed by atoms with Gasteiger partial charge < -0.3 is 39.1 Å². The molecule has 0 aliphatic heterocycles. The Morgan fingerprint density at radius 3 is 2.35 bits per heavy atom. The number of ketones is 2. The molecule has 0 spiro atoms. The molecule has 3 fully saturated rings. The number of fused-ring (bicyclic) bond motifs is 5. The highest BCUT2D eigenvalue weighted by Gasteiger charge is 2.72. The Balaban J connectivity index is 0.000000280. The molecule has 17 heteroatoms. The van der Waals surface area contributed by atoms with E-state index in [1.54, 1.807) is 32.0 Å². The van der Waals surface area contributed by atoms with Crippen molar-refractivity contribution in [3.63, 3.8) is 0 Å². The second-order valence-corrected chi connectivity index (χ2v) is 15.8. The van der Waals surface area contributed by atoms with Crippen LogP contribution < -0.4 is 9.47 Å². The molecule has 0 bridgehead atoms. The van der Waals surface area contributed by atoms with E-state index >= 15 is 8.78 Å². The van der Waals surface area contributed by atoms with Crippen LogP contribution in [-0.4, -0.2) is 102 Å². The standard InChI is InChI=1S/C22H26F2O5.C15H21NO7.C3H8O2/c1-20-9-19(28)22(24)15(13(20)3-4-14(20)18(27)10-29-11-25)8-17(23)16-7-12(26)5-6-21(16,22)2;1-11(23-16(18)19)6-4-5-9-22-15(17)12-7-8-13(20-2)14(10-12)21-3;1-3(2,4)5/h5-7,11,13-15,17,19,28H,3-4,8-10H2,1-2H3;7-8,10-11H,4-6,9H2,1-3H3;4-5H,1-2H3/t13?,14?,15?,17-,19?,20?,21?,22-;;/m0../s1. The minimum absolute atomic E-state index is 0.0593. The van der Waals surface area contributed by atoms with Crippen LogP contribution in [0.5, 0.6) is 11.5 Å². The van der Waals surface area contributed by atoms with Crippen LogP contribution in [0, 0.1) is 38.7 Å². The third-order valence-corrected chi connectivity index (χ3v) is 11.4. The van der Waals surface area contributed by atoms with E-state index in [0.717, 1.165) is 0 Å². The van der Waals surface area contributed by atoms with Crippen LogP contribution in [0.1, 0.15) is 89.9 Å². The van der Waals surface area contributed by atoms with Gasteiger partial charge in [0, 0.05) is 17.3 Å². The SMILES string of the molecule is CC(C)(O)O.CC12CC(O)[C@@]3(F)C(C[C@H](F)C4=CC(=O)C=CC43C)C1CCC2C(=O)COC=O.COc1ccc(C(=O)OCCCCC(C)O[N+](=O)[O-])cc1OC. The first-order valence-electron chi connectivity index (χ1n) is 18.8. The molecule has 4 aliphatic carbocycles. The second kappa shape index (κ2) is 19.3. The van der Waals surface area contributed by atoms with Crippen LogP contribution in [0.4, 0.5) is 8.78 Å². The van der Waals surface area contributed by atoms with Gasteiger partial charge in [0.25, 0.3) is 11.6 Å². The monoisotopic (exact) mass is 811 g/mol. The highest BCUT2D eigenvalue weighted by molar-refractivity contribution is 6.01. The number of benzene rings is 1. The smallest absolute Gasteiger partial charge is 0.338 e. The van der Waals surface area contributed by atoms with Gasteiger partial charge in [0.1, 0.15) is 18.9 Å². The molecule has 9 atom stereocenters. The fourth-order valence-corrected chi connectivity index (χ4v) is 8.89. The molecule has 0 aromatic heterocycles. The average Bonchev–Trinajstić information content (AvgIpc) is 3.47. The highest BCUT2D eigenvalue weighted by Crippen LogP contribution is 2.69. The summed E-state index contributed by atoms with van der Waals surface area (Å²) in [6.07, 6.45) is 3.22. The molecule has 57 heavy (non-hydrogen) atoms. The van der Waals surface area contributed by atoms with Crippen LogP contribution in [-0.2, 0) is 28.7 Å². The lowest BCUT2D eigenvalue weighted by atomic mass is 9.45. The Bertz CT molecular complexity index is 1670. The fraction of sp³-hybridized carbons (Fsp3) is 0.650. The number of carbonyl (C=O) groups is 4. The first-order valence-corrected chi connectivity index (χ1v) is 18.8. The van der Waals surface area contributed by atoms with Crippen molar-refractivity contribution in [3.05, 3.63) is 57.7 Å². The molecule has 0 heterocycles. The number of allylic oxidation sites excluding steroid dienone is 4. The molecule has 15 nitrogen and oxygen atoms in total. The number of aliphatic hydroxyl groups excluding tert-OH is 1. The summed E-state index contributed by atoms with van der Waals surface area (Å²) >= 11 is 0. The van der Waals surface area contributed by atoms with E-state index in [4.69, 9.17) is 24.4 Å². The lowest BCUT2D eigenvalue weighted by Crippen LogP contribution is -2.68. The van der Waals surface area contributed by atoms with Gasteiger partial charge in [-0.25, -0.2) is 13.6 Å². The molecule has 3 saturated carbocycles. The first kappa shape index (κ1) is 46.9. The van der Waals surface area contributed by atoms with Gasteiger partial charge in [0.05, 0.1) is 32.5 Å². The predicted octanol–water partition coefficient (Wildman–Crippen LogP) is 5.00. The first-order chi connectivity index (χ1) is 26.6. The summed E-state index contributed by atoms with van der Waals surface area (Å²) < 4.78 is 52.0. The number of hydrogen-bond acceptors (Lipinski definition) is 14. The van der Waals surface area contributed by atoms with Gasteiger partial charge in [0.15, 0.2) is 34.5 Å². The Morgan fingerprint density at radius 1 is 1.11 bits per heavy atom. The van der Waals surface area contributed by atoms with Crippen molar-refractivity contribution in [2.45, 2.75) is 109 Å². The number of carbonyl (C=O) groups excluding carboxylic acids is 4. The molecule has 4 aliphatic rings. The number of nitrogens with zero attached hydrogens (tertiary/aromatic N) is 1. The van der Waals surface area contributed by atoms with Gasteiger partial charge in [-0.15, -0.1) is 10.1 Å². The lowest BCUT2D eigenvalue weighted by Gasteiger charge is -2.62. The number of hydrogen-bond donors (Lipinski definition) is 3. The fourth-order valence-electron chi connectivity index (χ4n) is 8.89. The number of ether oxygens (including phenoxy) is 4. The number of halogens is 2. The summed E-state index contributed by atoms with van der Waals surface area (Å²) in [5.74, 6) is -3.14. The van der Waals surface area contributed by atoms with Crippen LogP contribution in [0.25, 0.3) is 0 Å². The molecule has 318 valence electrons. The van der Waals surface area contributed by atoms with E-state index < -0.39 is 63.6 Å². The summed E-state index contributed by atoms with van der Waals surface area (Å²) in [5.41, 5.74) is -3.77. The van der Waals surface area contributed by atoms with Crippen LogP contribution in [0.15, 0.2) is 42.0 Å². The minimum Gasteiger partial charge on any atom is -0.493 e. The third-order valence-electron chi connectivity index (χ3n) is 11.4. The third kappa shape index (κ3) is 10.9. The number of alkyl halides is 2. The zero-order valence-corrected chi connectivity index (χ0v) is 33.4. The number of aliphatic hydroxyl groups is 3. The van der Waals surface area contributed by atoms with Gasteiger partial charge in [-0.2, -0.15) is 0 Å². The van der Waals surface area contributed by atoms with Crippen molar-refractivity contribution in [1.29, 1.82) is 0 Å². The maximum Gasteiger partial charge on any atom is 0.338 e. The van der Waals surface area contributed by atoms with Gasteiger partial charge in [-0.3, -0.25) is 14.4 Å². The molecule has 5 rings (SSSR count). The van der Waals surface area contributed by atoms with E-state index in [9.17, 15) is 34.4 Å². The van der Waals surface area contributed by atoms with Crippen LogP contribution in [0.2, 0.25) is 0 Å². The number of rotatable bonds is 14. The van der Waals surface area contributed by atoms with E-state index in [-0.39, 0.29) is 55.6 Å². The van der Waals surface area contributed by atoms with Crippen molar-refractivity contribution in [3.8, 4) is 11.5 Å². The molecular formula is C40H55F2NO14. The van der Waals surface area contributed by atoms with Crippen molar-refractivity contribution < 1.29 is 72.2 Å². The number of unbranched alkanes of at least 4 members (excludes halogenated alkanes) is 1. The lowest BCUT2D eigenvalue weighted by molar-refractivity contribution is -0.767. The van der Waals surface area contributed by atoms with Gasteiger partial charge >= 0.3 is 5.97 Å². The highest BCUT2D eigenvalue weighted by atomic mass is 19.1. The number of esters is 1. The van der Waals surface area contributed by atoms with Crippen molar-refractivity contribution in [1.82, 2.24) is 0 Å². The second-order valence-electron chi connectivity index (χ2n) is 15.8. The predicted molar refractivity (Wildman–Crippen MR) is 199 cm³/mol. The van der Waals surface area contributed by atoms with E-state index in [1.165, 1.54) is 46.3 Å². The van der Waals surface area contributed by atoms with Gasteiger partial charge in [0.2, 0.25) is 0 Å². The molecular weight excluding hydrogens is 756 g/mol. The average molecular weight is 812 g/mol. The Morgan fingerprint density at radius 2 is 1.75 bits per heavy atom. The molecule has 0 radical (unpaired) electrons. The Labute approximate surface area is 330 Å². The largest absolute Gasteiger partial charge is 0.493 e. The summed E-state index contributed by atoms with van der Waals surface area (Å²) in [4.78, 5) is 61.3. The zero-order valence-electron chi connectivity index (χ0n) is 33.4. The minimum atomic E-state index is -2.12. The normalized spacial score (nSPS) is 30.2. The Hall–Kier alpha value is -4.48. The number of methoxy groups -OCH3 is 2. The summed E-state index contributed by atoms with van der Waals surface area (Å²) in [6.45, 7) is 7.74. The quantitative estimate of drug-likeness (QED) is 0.0563. The van der Waals surface area contributed by atoms with Gasteiger partial charge in [-0.05, 0) is 120 Å². The maximum absolute atomic E-state index is 16.8. The van der Waals surface area contributed by atoms with Crippen LogP contribution in [0.3, 0.4) is 0 Å². The zero-order chi connectivity index (χ0) is 42.9.